The Morgan fingerprint density at radius 2 is 2.09 bits per heavy atom. The Balaban J connectivity index is 1.96. The molecule has 0 fully saturated rings. The molecule has 1 N–H and O–H groups in total. The Bertz CT molecular complexity index is 645. The summed E-state index contributed by atoms with van der Waals surface area (Å²) in [5, 5.41) is 7.37. The number of aryl methyl sites for hydroxylation is 2. The molecule has 22 heavy (non-hydrogen) atoms. The number of nitrogens with one attached hydrogen (secondary N) is 1. The highest BCUT2D eigenvalue weighted by Crippen LogP contribution is 2.11. The number of amides is 1. The monoisotopic (exact) mass is 301 g/mol. The first kappa shape index (κ1) is 16.0. The maximum atomic E-state index is 12.2. The van der Waals surface area contributed by atoms with Crippen molar-refractivity contribution in [2.45, 2.75) is 26.8 Å². The molecule has 0 aromatic carbocycles. The SMILES string of the molecule is Cc1cc(C)n([C@H](C)CNC(=O)c2ccc(N(C)C)nc2)n1. The van der Waals surface area contributed by atoms with Gasteiger partial charge in [-0.05, 0) is 39.0 Å². The van der Waals surface area contributed by atoms with E-state index in [-0.39, 0.29) is 11.9 Å². The van der Waals surface area contributed by atoms with Crippen LogP contribution in [-0.4, -0.2) is 41.3 Å². The summed E-state index contributed by atoms with van der Waals surface area (Å²) in [5.74, 6) is 0.707. The quantitative estimate of drug-likeness (QED) is 0.917. The summed E-state index contributed by atoms with van der Waals surface area (Å²) < 4.78 is 1.93. The summed E-state index contributed by atoms with van der Waals surface area (Å²) in [6.07, 6.45) is 1.60. The van der Waals surface area contributed by atoms with Crippen LogP contribution in [0, 0.1) is 13.8 Å². The van der Waals surface area contributed by atoms with E-state index >= 15 is 0 Å². The Hall–Kier alpha value is -2.37. The van der Waals surface area contributed by atoms with Crippen LogP contribution in [0.15, 0.2) is 24.4 Å². The molecule has 0 spiro atoms. The van der Waals surface area contributed by atoms with Gasteiger partial charge in [0.15, 0.2) is 0 Å². The molecule has 0 aliphatic heterocycles. The van der Waals surface area contributed by atoms with Crippen molar-refractivity contribution in [2.24, 2.45) is 0 Å². The van der Waals surface area contributed by atoms with Gasteiger partial charge in [-0.2, -0.15) is 5.10 Å². The molecule has 0 radical (unpaired) electrons. The van der Waals surface area contributed by atoms with Crippen LogP contribution in [0.4, 0.5) is 5.82 Å². The number of hydrogen-bond donors (Lipinski definition) is 1. The zero-order valence-corrected chi connectivity index (χ0v) is 13.8. The topological polar surface area (TPSA) is 63.1 Å². The maximum Gasteiger partial charge on any atom is 0.252 e. The fourth-order valence-electron chi connectivity index (χ4n) is 2.31. The molecule has 0 unspecified atom stereocenters. The summed E-state index contributed by atoms with van der Waals surface area (Å²) in [5.41, 5.74) is 2.64. The van der Waals surface area contributed by atoms with Gasteiger partial charge in [-0.1, -0.05) is 0 Å². The number of rotatable bonds is 5. The lowest BCUT2D eigenvalue weighted by Gasteiger charge is -2.15. The standard InChI is InChI=1S/C16H23N5O/c1-11-8-12(2)21(19-11)13(3)9-18-16(22)14-6-7-15(17-10-14)20(4)5/h6-8,10,13H,9H2,1-5H3,(H,18,22)/t13-/m1/s1. The zero-order chi connectivity index (χ0) is 16.3. The highest BCUT2D eigenvalue weighted by molar-refractivity contribution is 5.94. The average molecular weight is 301 g/mol. The molecule has 0 aliphatic rings. The highest BCUT2D eigenvalue weighted by atomic mass is 16.1. The van der Waals surface area contributed by atoms with E-state index in [2.05, 4.69) is 15.4 Å². The van der Waals surface area contributed by atoms with E-state index in [9.17, 15) is 4.79 Å². The Morgan fingerprint density at radius 3 is 2.59 bits per heavy atom. The second-order valence-electron chi connectivity index (χ2n) is 5.73. The molecule has 2 heterocycles. The summed E-state index contributed by atoms with van der Waals surface area (Å²) in [7, 11) is 3.83. The average Bonchev–Trinajstić information content (AvgIpc) is 2.83. The van der Waals surface area contributed by atoms with Crippen molar-refractivity contribution < 1.29 is 4.79 Å². The third-order valence-electron chi connectivity index (χ3n) is 3.49. The van der Waals surface area contributed by atoms with Crippen LogP contribution in [0.2, 0.25) is 0 Å². The summed E-state index contributed by atoms with van der Waals surface area (Å²) in [4.78, 5) is 18.3. The van der Waals surface area contributed by atoms with E-state index in [1.807, 2.05) is 56.6 Å². The zero-order valence-electron chi connectivity index (χ0n) is 13.8. The van der Waals surface area contributed by atoms with Crippen molar-refractivity contribution in [1.29, 1.82) is 0 Å². The number of carbonyl (C=O) groups is 1. The lowest BCUT2D eigenvalue weighted by atomic mass is 10.2. The van der Waals surface area contributed by atoms with Crippen LogP contribution in [-0.2, 0) is 0 Å². The van der Waals surface area contributed by atoms with Crippen molar-refractivity contribution in [3.63, 3.8) is 0 Å². The second-order valence-corrected chi connectivity index (χ2v) is 5.73. The van der Waals surface area contributed by atoms with E-state index in [0.29, 0.717) is 12.1 Å². The minimum absolute atomic E-state index is 0.103. The lowest BCUT2D eigenvalue weighted by Crippen LogP contribution is -2.30. The van der Waals surface area contributed by atoms with E-state index in [1.165, 1.54) is 0 Å². The van der Waals surface area contributed by atoms with Gasteiger partial charge in [-0.3, -0.25) is 9.48 Å². The first-order valence-electron chi connectivity index (χ1n) is 7.33. The summed E-state index contributed by atoms with van der Waals surface area (Å²) >= 11 is 0. The van der Waals surface area contributed by atoms with Gasteiger partial charge in [0, 0.05) is 32.5 Å². The molecule has 1 amide bonds. The van der Waals surface area contributed by atoms with Crippen LogP contribution in [0.1, 0.15) is 34.7 Å². The molecule has 0 saturated carbocycles. The van der Waals surface area contributed by atoms with E-state index < -0.39 is 0 Å². The van der Waals surface area contributed by atoms with Gasteiger partial charge in [0.2, 0.25) is 0 Å². The van der Waals surface area contributed by atoms with E-state index in [4.69, 9.17) is 0 Å². The van der Waals surface area contributed by atoms with Gasteiger partial charge < -0.3 is 10.2 Å². The Kier molecular flexibility index (Phi) is 4.80. The molecule has 6 nitrogen and oxygen atoms in total. The summed E-state index contributed by atoms with van der Waals surface area (Å²) in [6.45, 7) is 6.54. The molecule has 2 aromatic heterocycles. The third kappa shape index (κ3) is 3.63. The van der Waals surface area contributed by atoms with Gasteiger partial charge in [-0.25, -0.2) is 4.98 Å². The van der Waals surface area contributed by atoms with Crippen molar-refractivity contribution >= 4 is 11.7 Å². The minimum atomic E-state index is -0.119. The smallest absolute Gasteiger partial charge is 0.252 e. The fraction of sp³-hybridized carbons (Fsp3) is 0.438. The first-order chi connectivity index (χ1) is 10.4. The highest BCUT2D eigenvalue weighted by Gasteiger charge is 2.12. The Labute approximate surface area is 131 Å². The van der Waals surface area contributed by atoms with Gasteiger partial charge in [-0.15, -0.1) is 0 Å². The molecular formula is C16H23N5O. The second kappa shape index (κ2) is 6.60. The molecule has 2 rings (SSSR count). The van der Waals surface area contributed by atoms with Gasteiger partial charge in [0.25, 0.3) is 5.91 Å². The number of pyridine rings is 1. The van der Waals surface area contributed by atoms with Gasteiger partial charge in [0.1, 0.15) is 5.82 Å². The van der Waals surface area contributed by atoms with Crippen molar-refractivity contribution in [2.75, 3.05) is 25.5 Å². The van der Waals surface area contributed by atoms with Crippen LogP contribution < -0.4 is 10.2 Å². The molecule has 0 bridgehead atoms. The van der Waals surface area contributed by atoms with Crippen molar-refractivity contribution in [1.82, 2.24) is 20.1 Å². The minimum Gasteiger partial charge on any atom is -0.363 e. The number of anilines is 1. The number of nitrogens with zero attached hydrogens (tertiary/aromatic N) is 4. The predicted octanol–water partition coefficient (Wildman–Crippen LogP) is 1.95. The Morgan fingerprint density at radius 1 is 1.36 bits per heavy atom. The maximum absolute atomic E-state index is 12.2. The third-order valence-corrected chi connectivity index (χ3v) is 3.49. The fourth-order valence-corrected chi connectivity index (χ4v) is 2.31. The molecule has 0 aliphatic carbocycles. The van der Waals surface area contributed by atoms with E-state index in [0.717, 1.165) is 17.2 Å². The molecule has 0 saturated heterocycles. The molecule has 6 heteroatoms. The first-order valence-corrected chi connectivity index (χ1v) is 7.33. The van der Waals surface area contributed by atoms with Gasteiger partial charge in [0.05, 0.1) is 17.3 Å². The van der Waals surface area contributed by atoms with Crippen LogP contribution in [0.5, 0.6) is 0 Å². The molecule has 2 aromatic rings. The van der Waals surface area contributed by atoms with Crippen LogP contribution in [0.3, 0.4) is 0 Å². The number of hydrogen-bond acceptors (Lipinski definition) is 4. The van der Waals surface area contributed by atoms with Crippen molar-refractivity contribution in [3.8, 4) is 0 Å². The molecule has 118 valence electrons. The van der Waals surface area contributed by atoms with Gasteiger partial charge >= 0.3 is 0 Å². The molecule has 1 atom stereocenters. The number of aromatic nitrogens is 3. The van der Waals surface area contributed by atoms with Crippen LogP contribution >= 0.6 is 0 Å². The predicted molar refractivity (Wildman–Crippen MR) is 87.3 cm³/mol. The largest absolute Gasteiger partial charge is 0.363 e. The van der Waals surface area contributed by atoms with Crippen LogP contribution in [0.25, 0.3) is 0 Å². The lowest BCUT2D eigenvalue weighted by molar-refractivity contribution is 0.0947. The summed E-state index contributed by atoms with van der Waals surface area (Å²) in [6, 6.07) is 5.75. The van der Waals surface area contributed by atoms with Crippen molar-refractivity contribution in [3.05, 3.63) is 41.3 Å². The molecular weight excluding hydrogens is 278 g/mol. The normalized spacial score (nSPS) is 12.0. The van der Waals surface area contributed by atoms with E-state index in [1.54, 1.807) is 12.3 Å². The number of carbonyl (C=O) groups excluding carboxylic acids is 1.